The van der Waals surface area contributed by atoms with Crippen molar-refractivity contribution in [1.29, 1.82) is 0 Å². The van der Waals surface area contributed by atoms with Crippen LogP contribution in [0.3, 0.4) is 0 Å². The van der Waals surface area contributed by atoms with Gasteiger partial charge in [-0.25, -0.2) is 0 Å². The molecule has 2 rings (SSSR count). The molecule has 1 aliphatic carbocycles. The second-order valence-corrected chi connectivity index (χ2v) is 4.21. The minimum atomic E-state index is -0.0913. The third kappa shape index (κ3) is 2.72. The van der Waals surface area contributed by atoms with Crippen LogP contribution in [0, 0.1) is 0 Å². The topological polar surface area (TPSA) is 50.5 Å². The highest BCUT2D eigenvalue weighted by atomic mass is 16.3. The minimum Gasteiger partial charge on any atom is -0.467 e. The molecule has 1 aliphatic rings. The molecule has 16 heavy (non-hydrogen) atoms. The third-order valence-corrected chi connectivity index (χ3v) is 2.61. The Morgan fingerprint density at radius 3 is 2.75 bits per heavy atom. The molecule has 0 unspecified atom stereocenters. The predicted molar refractivity (Wildman–Crippen MR) is 57.6 cm³/mol. The van der Waals surface area contributed by atoms with E-state index < -0.39 is 0 Å². The van der Waals surface area contributed by atoms with Gasteiger partial charge in [0, 0.05) is 6.04 Å². The van der Waals surface area contributed by atoms with Gasteiger partial charge in [0.2, 0.25) is 5.91 Å². The van der Waals surface area contributed by atoms with E-state index in [4.69, 9.17) is 4.42 Å². The molecule has 0 spiro atoms. The molecule has 0 radical (unpaired) electrons. The van der Waals surface area contributed by atoms with Gasteiger partial charge in [0.15, 0.2) is 0 Å². The lowest BCUT2D eigenvalue weighted by Crippen LogP contribution is -2.33. The van der Waals surface area contributed by atoms with E-state index in [9.17, 15) is 9.59 Å². The van der Waals surface area contributed by atoms with Crippen molar-refractivity contribution in [3.8, 4) is 0 Å². The Morgan fingerprint density at radius 2 is 2.25 bits per heavy atom. The number of nitrogens with zero attached hydrogens (tertiary/aromatic N) is 1. The lowest BCUT2D eigenvalue weighted by Gasteiger charge is -2.20. The summed E-state index contributed by atoms with van der Waals surface area (Å²) in [5.41, 5.74) is 0. The normalized spacial score (nSPS) is 14.8. The van der Waals surface area contributed by atoms with E-state index in [1.807, 2.05) is 6.07 Å². The summed E-state index contributed by atoms with van der Waals surface area (Å²) in [4.78, 5) is 24.5. The summed E-state index contributed by atoms with van der Waals surface area (Å²) in [6.07, 6.45) is 3.65. The van der Waals surface area contributed by atoms with Gasteiger partial charge >= 0.3 is 0 Å². The van der Waals surface area contributed by atoms with E-state index in [1.165, 1.54) is 6.92 Å². The van der Waals surface area contributed by atoms with Crippen molar-refractivity contribution >= 4 is 11.7 Å². The molecule has 1 fully saturated rings. The molecule has 0 aromatic carbocycles. The molecule has 0 N–H and O–H groups in total. The van der Waals surface area contributed by atoms with Crippen LogP contribution >= 0.6 is 0 Å². The van der Waals surface area contributed by atoms with E-state index in [0.717, 1.165) is 18.6 Å². The summed E-state index contributed by atoms with van der Waals surface area (Å²) < 4.78 is 5.22. The molecule has 0 atom stereocenters. The highest BCUT2D eigenvalue weighted by molar-refractivity contribution is 5.96. The largest absolute Gasteiger partial charge is 0.467 e. The van der Waals surface area contributed by atoms with Gasteiger partial charge in [0.1, 0.15) is 11.5 Å². The first-order valence-electron chi connectivity index (χ1n) is 5.48. The first-order valence-corrected chi connectivity index (χ1v) is 5.48. The number of Topliss-reactive ketones (excluding diaryl/α,β-unsaturated/α-hetero) is 1. The Hall–Kier alpha value is -1.58. The molecular formula is C12H15NO3. The van der Waals surface area contributed by atoms with Gasteiger partial charge in [-0.3, -0.25) is 9.59 Å². The van der Waals surface area contributed by atoms with E-state index in [2.05, 4.69) is 0 Å². The maximum Gasteiger partial charge on any atom is 0.230 e. The second kappa shape index (κ2) is 4.51. The van der Waals surface area contributed by atoms with Crippen LogP contribution in [0.2, 0.25) is 0 Å². The average molecular weight is 221 g/mol. The van der Waals surface area contributed by atoms with Crippen LogP contribution in [-0.2, 0) is 16.1 Å². The maximum atomic E-state index is 11.8. The second-order valence-electron chi connectivity index (χ2n) is 4.21. The highest BCUT2D eigenvalue weighted by Crippen LogP contribution is 2.29. The SMILES string of the molecule is CC(=O)CC(=O)N(Cc1ccco1)C1CC1. The summed E-state index contributed by atoms with van der Waals surface area (Å²) in [5, 5.41) is 0. The van der Waals surface area contributed by atoms with Crippen molar-refractivity contribution in [2.24, 2.45) is 0 Å². The van der Waals surface area contributed by atoms with Crippen LogP contribution in [0.25, 0.3) is 0 Å². The molecule has 0 saturated heterocycles. The fourth-order valence-electron chi connectivity index (χ4n) is 1.69. The summed E-state index contributed by atoms with van der Waals surface area (Å²) in [6.45, 7) is 1.92. The number of furan rings is 1. The van der Waals surface area contributed by atoms with Crippen molar-refractivity contribution in [3.05, 3.63) is 24.2 Å². The van der Waals surface area contributed by atoms with Crippen molar-refractivity contribution in [2.75, 3.05) is 0 Å². The van der Waals surface area contributed by atoms with Crippen LogP contribution in [0.5, 0.6) is 0 Å². The number of carbonyl (C=O) groups is 2. The zero-order valence-corrected chi connectivity index (χ0v) is 9.31. The van der Waals surface area contributed by atoms with Crippen LogP contribution in [0.15, 0.2) is 22.8 Å². The predicted octanol–water partition coefficient (Wildman–Crippen LogP) is 1.75. The van der Waals surface area contributed by atoms with E-state index >= 15 is 0 Å². The molecule has 4 nitrogen and oxygen atoms in total. The molecule has 0 aliphatic heterocycles. The maximum absolute atomic E-state index is 11.8. The minimum absolute atomic E-state index is 0.00277. The Kier molecular flexibility index (Phi) is 3.08. The van der Waals surface area contributed by atoms with Crippen molar-refractivity contribution < 1.29 is 14.0 Å². The number of carbonyl (C=O) groups excluding carboxylic acids is 2. The molecular weight excluding hydrogens is 206 g/mol. The standard InChI is InChI=1S/C12H15NO3/c1-9(14)7-12(15)13(10-4-5-10)8-11-3-2-6-16-11/h2-3,6,10H,4-5,7-8H2,1H3. The number of hydrogen-bond acceptors (Lipinski definition) is 3. The molecule has 0 bridgehead atoms. The quantitative estimate of drug-likeness (QED) is 0.712. The molecule has 4 heteroatoms. The molecule has 1 heterocycles. The monoisotopic (exact) mass is 221 g/mol. The van der Waals surface area contributed by atoms with Crippen molar-refractivity contribution in [1.82, 2.24) is 4.90 Å². The Bertz CT molecular complexity index is 379. The lowest BCUT2D eigenvalue weighted by atomic mass is 10.2. The van der Waals surface area contributed by atoms with Crippen molar-refractivity contribution in [2.45, 2.75) is 38.8 Å². The first kappa shape index (κ1) is 10.9. The summed E-state index contributed by atoms with van der Waals surface area (Å²) in [7, 11) is 0. The molecule has 1 aromatic heterocycles. The van der Waals surface area contributed by atoms with Crippen LogP contribution in [-0.4, -0.2) is 22.6 Å². The van der Waals surface area contributed by atoms with E-state index in [0.29, 0.717) is 12.6 Å². The van der Waals surface area contributed by atoms with Crippen LogP contribution in [0.4, 0.5) is 0 Å². The van der Waals surface area contributed by atoms with Gasteiger partial charge in [0.25, 0.3) is 0 Å². The van der Waals surface area contributed by atoms with E-state index in [-0.39, 0.29) is 18.1 Å². The summed E-state index contributed by atoms with van der Waals surface area (Å²) >= 11 is 0. The van der Waals surface area contributed by atoms with Crippen LogP contribution < -0.4 is 0 Å². The average Bonchev–Trinajstić information content (AvgIpc) is 2.91. The van der Waals surface area contributed by atoms with Crippen LogP contribution in [0.1, 0.15) is 31.9 Å². The van der Waals surface area contributed by atoms with Gasteiger partial charge in [0.05, 0.1) is 19.2 Å². The Labute approximate surface area is 94.2 Å². The molecule has 1 amide bonds. The Morgan fingerprint density at radius 1 is 1.50 bits per heavy atom. The zero-order chi connectivity index (χ0) is 11.5. The van der Waals surface area contributed by atoms with Gasteiger partial charge in [-0.2, -0.15) is 0 Å². The number of hydrogen-bond donors (Lipinski definition) is 0. The first-order chi connectivity index (χ1) is 7.66. The lowest BCUT2D eigenvalue weighted by molar-refractivity contribution is -0.136. The molecule has 1 aromatic rings. The summed E-state index contributed by atoms with van der Waals surface area (Å²) in [5.74, 6) is 0.588. The van der Waals surface area contributed by atoms with Gasteiger partial charge in [-0.1, -0.05) is 0 Å². The van der Waals surface area contributed by atoms with Gasteiger partial charge in [-0.15, -0.1) is 0 Å². The Balaban J connectivity index is 1.99. The van der Waals surface area contributed by atoms with E-state index in [1.54, 1.807) is 17.2 Å². The van der Waals surface area contributed by atoms with Gasteiger partial charge < -0.3 is 9.32 Å². The highest BCUT2D eigenvalue weighted by Gasteiger charge is 2.33. The number of amides is 1. The fourth-order valence-corrected chi connectivity index (χ4v) is 1.69. The number of ketones is 1. The number of rotatable bonds is 5. The smallest absolute Gasteiger partial charge is 0.230 e. The zero-order valence-electron chi connectivity index (χ0n) is 9.31. The molecule has 1 saturated carbocycles. The summed E-state index contributed by atoms with van der Waals surface area (Å²) in [6, 6.07) is 3.95. The fraction of sp³-hybridized carbons (Fsp3) is 0.500. The van der Waals surface area contributed by atoms with Crippen molar-refractivity contribution in [3.63, 3.8) is 0 Å². The third-order valence-electron chi connectivity index (χ3n) is 2.61. The van der Waals surface area contributed by atoms with Gasteiger partial charge in [-0.05, 0) is 31.9 Å². The molecule has 86 valence electrons.